The monoisotopic (exact) mass is 395 g/mol. The predicted octanol–water partition coefficient (Wildman–Crippen LogP) is 5.41. The van der Waals surface area contributed by atoms with Gasteiger partial charge in [0.1, 0.15) is 6.54 Å². The summed E-state index contributed by atoms with van der Waals surface area (Å²) < 4.78 is 0. The molecule has 0 aromatic carbocycles. The van der Waals surface area contributed by atoms with Gasteiger partial charge in [0, 0.05) is 13.5 Å². The Morgan fingerprint density at radius 2 is 1.31 bits per heavy atom. The zero-order chi connectivity index (χ0) is 18.8. The molecule has 0 spiro atoms. The second kappa shape index (κ2) is 21.2. The largest absolute Gasteiger partial charge is 2.00 e. The third-order valence-electron chi connectivity index (χ3n) is 4.45. The van der Waals surface area contributed by atoms with Gasteiger partial charge in [-0.1, -0.05) is 70.4 Å². The van der Waals surface area contributed by atoms with Gasteiger partial charge in [-0.05, 0) is 32.1 Å². The van der Waals surface area contributed by atoms with E-state index in [-0.39, 0.29) is 53.0 Å². The third kappa shape index (κ3) is 20.3. The second-order valence-corrected chi connectivity index (χ2v) is 6.98. The standard InChI is InChI=1S/C21H39NO3.Ca.2H/c1-3-4-5-6-7-8-9-10-11-12-13-14-15-16-17-18-20(23)22(2)19-21(24)25;;;/h10-11H,3-9,12-19H2,1-2H3,(H,24,25);;;/q;+2;2*-1/b11-10-;;;. The van der Waals surface area contributed by atoms with Crippen LogP contribution in [-0.4, -0.2) is 73.2 Å². The molecule has 1 amide bonds. The zero-order valence-corrected chi connectivity index (χ0v) is 19.4. The number of allylic oxidation sites excluding steroid dienone is 2. The number of carbonyl (C=O) groups excluding carboxylic acids is 1. The van der Waals surface area contributed by atoms with Crippen molar-refractivity contribution in [2.75, 3.05) is 13.6 Å². The number of carbonyl (C=O) groups is 2. The first kappa shape index (κ1) is 28.2. The Bertz CT molecular complexity index is 383. The summed E-state index contributed by atoms with van der Waals surface area (Å²) in [6.45, 7) is 2.05. The van der Waals surface area contributed by atoms with E-state index in [1.54, 1.807) is 7.05 Å². The van der Waals surface area contributed by atoms with Gasteiger partial charge in [-0.15, -0.1) is 0 Å². The molecule has 0 aliphatic rings. The Morgan fingerprint density at radius 1 is 0.846 bits per heavy atom. The average molecular weight is 396 g/mol. The summed E-state index contributed by atoms with van der Waals surface area (Å²) in [7, 11) is 1.55. The van der Waals surface area contributed by atoms with E-state index in [4.69, 9.17) is 5.11 Å². The maximum Gasteiger partial charge on any atom is 2.00 e. The smallest absolute Gasteiger partial charge is 1.00 e. The summed E-state index contributed by atoms with van der Waals surface area (Å²) in [6, 6.07) is 0. The molecule has 150 valence electrons. The molecule has 0 aliphatic heterocycles. The van der Waals surface area contributed by atoms with E-state index in [1.807, 2.05) is 0 Å². The van der Waals surface area contributed by atoms with E-state index in [0.717, 1.165) is 25.7 Å². The van der Waals surface area contributed by atoms with Crippen LogP contribution in [0.4, 0.5) is 0 Å². The molecule has 0 unspecified atom stereocenters. The minimum absolute atomic E-state index is 0. The van der Waals surface area contributed by atoms with Crippen LogP contribution >= 0.6 is 0 Å². The first-order valence-corrected chi connectivity index (χ1v) is 10.2. The number of hydrogen-bond acceptors (Lipinski definition) is 2. The number of carboxylic acid groups (broad SMARTS) is 1. The van der Waals surface area contributed by atoms with Crippen molar-refractivity contribution >= 4 is 49.6 Å². The third-order valence-corrected chi connectivity index (χ3v) is 4.45. The molecule has 0 bridgehead atoms. The van der Waals surface area contributed by atoms with E-state index in [0.29, 0.717) is 6.42 Å². The minimum atomic E-state index is -0.958. The van der Waals surface area contributed by atoms with Gasteiger partial charge in [0.15, 0.2) is 0 Å². The van der Waals surface area contributed by atoms with Crippen molar-refractivity contribution in [2.24, 2.45) is 0 Å². The van der Waals surface area contributed by atoms with Gasteiger partial charge < -0.3 is 12.9 Å². The maximum atomic E-state index is 11.7. The number of rotatable bonds is 17. The van der Waals surface area contributed by atoms with Crippen LogP contribution in [0.25, 0.3) is 0 Å². The Labute approximate surface area is 193 Å². The first-order chi connectivity index (χ1) is 12.1. The van der Waals surface area contributed by atoms with Crippen LogP contribution in [0, 0.1) is 0 Å². The van der Waals surface area contributed by atoms with Crippen molar-refractivity contribution in [1.82, 2.24) is 4.90 Å². The molecule has 5 heteroatoms. The number of amides is 1. The minimum Gasteiger partial charge on any atom is -1.00 e. The van der Waals surface area contributed by atoms with Gasteiger partial charge in [-0.25, -0.2) is 0 Å². The van der Waals surface area contributed by atoms with Crippen molar-refractivity contribution in [3.05, 3.63) is 12.2 Å². The molecule has 1 N–H and O–H groups in total. The molecule has 0 atom stereocenters. The van der Waals surface area contributed by atoms with Gasteiger partial charge in [0.05, 0.1) is 0 Å². The predicted molar refractivity (Wildman–Crippen MR) is 113 cm³/mol. The van der Waals surface area contributed by atoms with Crippen molar-refractivity contribution in [2.45, 2.75) is 96.8 Å². The molecule has 4 nitrogen and oxygen atoms in total. The van der Waals surface area contributed by atoms with Crippen molar-refractivity contribution < 1.29 is 17.5 Å². The quantitative estimate of drug-likeness (QED) is 0.203. The Hall–Kier alpha value is -0.0603. The number of nitrogens with zero attached hydrogens (tertiary/aromatic N) is 1. The molecule has 0 aromatic heterocycles. The SMILES string of the molecule is CCCCCCCC/C=C\CCCCCCCC(=O)N(C)CC(=O)O.[Ca+2].[H-].[H-]. The molecule has 0 saturated heterocycles. The number of carboxylic acids is 1. The summed E-state index contributed by atoms with van der Waals surface area (Å²) >= 11 is 0. The molecule has 0 saturated carbocycles. The van der Waals surface area contributed by atoms with E-state index < -0.39 is 5.97 Å². The van der Waals surface area contributed by atoms with Crippen molar-refractivity contribution in [3.8, 4) is 0 Å². The Kier molecular flexibility index (Phi) is 23.0. The zero-order valence-electron chi connectivity index (χ0n) is 19.2. The molecule has 0 heterocycles. The van der Waals surface area contributed by atoms with E-state index in [2.05, 4.69) is 19.1 Å². The van der Waals surface area contributed by atoms with Gasteiger partial charge >= 0.3 is 43.7 Å². The fourth-order valence-electron chi connectivity index (χ4n) is 2.83. The van der Waals surface area contributed by atoms with Crippen molar-refractivity contribution in [1.29, 1.82) is 0 Å². The van der Waals surface area contributed by atoms with Gasteiger partial charge in [0.2, 0.25) is 5.91 Å². The topological polar surface area (TPSA) is 57.6 Å². The number of likely N-dealkylation sites (N-methyl/N-ethyl adjacent to an activating group) is 1. The number of hydrogen-bond donors (Lipinski definition) is 1. The molecule has 0 radical (unpaired) electrons. The molecule has 26 heavy (non-hydrogen) atoms. The van der Waals surface area contributed by atoms with Crippen LogP contribution in [0.2, 0.25) is 0 Å². The number of aliphatic carboxylic acids is 1. The van der Waals surface area contributed by atoms with E-state index in [9.17, 15) is 9.59 Å². The van der Waals surface area contributed by atoms with E-state index in [1.165, 1.54) is 62.7 Å². The molecule has 0 aromatic rings. The molecular weight excluding hydrogens is 354 g/mol. The van der Waals surface area contributed by atoms with Crippen LogP contribution in [-0.2, 0) is 9.59 Å². The normalized spacial score (nSPS) is 10.7. The van der Waals surface area contributed by atoms with Gasteiger partial charge in [0.25, 0.3) is 0 Å². The van der Waals surface area contributed by atoms with Gasteiger partial charge in [-0.3, -0.25) is 9.59 Å². The summed E-state index contributed by atoms with van der Waals surface area (Å²) in [4.78, 5) is 23.5. The van der Waals surface area contributed by atoms with Gasteiger partial charge in [-0.2, -0.15) is 0 Å². The van der Waals surface area contributed by atoms with Crippen LogP contribution in [0.1, 0.15) is 99.7 Å². The average Bonchev–Trinajstić information content (AvgIpc) is 2.57. The Morgan fingerprint density at radius 3 is 1.81 bits per heavy atom. The second-order valence-electron chi connectivity index (χ2n) is 6.98. The maximum absolute atomic E-state index is 11.7. The fraction of sp³-hybridized carbons (Fsp3) is 0.810. The molecular formula is C21H41CaNO3. The summed E-state index contributed by atoms with van der Waals surface area (Å²) in [5, 5.41) is 8.64. The van der Waals surface area contributed by atoms with Crippen molar-refractivity contribution in [3.63, 3.8) is 0 Å². The molecule has 0 fully saturated rings. The molecule has 0 aliphatic carbocycles. The van der Waals surface area contributed by atoms with Crippen LogP contribution in [0.5, 0.6) is 0 Å². The fourth-order valence-corrected chi connectivity index (χ4v) is 2.83. The van der Waals surface area contributed by atoms with Crippen LogP contribution in [0.3, 0.4) is 0 Å². The van der Waals surface area contributed by atoms with E-state index >= 15 is 0 Å². The summed E-state index contributed by atoms with van der Waals surface area (Å²) in [6.07, 6.45) is 21.1. The number of unbranched alkanes of at least 4 members (excludes halogenated alkanes) is 11. The summed E-state index contributed by atoms with van der Waals surface area (Å²) in [5.41, 5.74) is 0. The van der Waals surface area contributed by atoms with Crippen LogP contribution < -0.4 is 0 Å². The first-order valence-electron chi connectivity index (χ1n) is 10.2. The van der Waals surface area contributed by atoms with Crippen LogP contribution in [0.15, 0.2) is 12.2 Å². The Balaban J connectivity index is -0.000000960. The molecule has 0 rings (SSSR count). The summed E-state index contributed by atoms with van der Waals surface area (Å²) in [5.74, 6) is -1.03.